The van der Waals surface area contributed by atoms with E-state index in [1.165, 1.54) is 7.11 Å². The van der Waals surface area contributed by atoms with Crippen LogP contribution >= 0.6 is 23.2 Å². The number of allylic oxidation sites excluding steroid dienone is 2. The van der Waals surface area contributed by atoms with E-state index in [4.69, 9.17) is 37.4 Å². The molecule has 0 bridgehead atoms. The van der Waals surface area contributed by atoms with E-state index >= 15 is 0 Å². The van der Waals surface area contributed by atoms with Gasteiger partial charge < -0.3 is 19.5 Å². The highest BCUT2D eigenvalue weighted by atomic mass is 35.5. The van der Waals surface area contributed by atoms with Crippen LogP contribution in [0.25, 0.3) is 0 Å². The molecule has 1 amide bonds. The van der Waals surface area contributed by atoms with Crippen LogP contribution in [0.2, 0.25) is 10.0 Å². The number of carbonyl (C=O) groups is 1. The van der Waals surface area contributed by atoms with Gasteiger partial charge in [0.1, 0.15) is 5.75 Å². The Bertz CT molecular complexity index is 731. The predicted octanol–water partition coefficient (Wildman–Crippen LogP) is 5.15. The van der Waals surface area contributed by atoms with E-state index in [1.807, 2.05) is 26.0 Å². The van der Waals surface area contributed by atoms with Gasteiger partial charge >= 0.3 is 0 Å². The minimum atomic E-state index is -0.639. The molecule has 0 aromatic heterocycles. The monoisotopic (exact) mass is 427 g/mol. The summed E-state index contributed by atoms with van der Waals surface area (Å²) in [7, 11) is 3.08. The largest absolute Gasteiger partial charge is 0.494 e. The second kappa shape index (κ2) is 12.4. The smallest absolute Gasteiger partial charge is 0.261 e. The maximum atomic E-state index is 12.4. The molecule has 0 fully saturated rings. The van der Waals surface area contributed by atoms with E-state index in [-0.39, 0.29) is 11.8 Å². The van der Waals surface area contributed by atoms with Crippen molar-refractivity contribution in [1.82, 2.24) is 5.32 Å². The van der Waals surface area contributed by atoms with Crippen molar-refractivity contribution in [3.63, 3.8) is 0 Å². The van der Waals surface area contributed by atoms with Gasteiger partial charge in [0.05, 0.1) is 19.2 Å². The van der Waals surface area contributed by atoms with E-state index < -0.39 is 6.10 Å². The molecule has 1 N–H and O–H groups in total. The Balaban J connectivity index is 2.59. The molecule has 5 nitrogen and oxygen atoms in total. The molecule has 1 aromatic rings. The second-order valence-corrected chi connectivity index (χ2v) is 6.90. The summed E-state index contributed by atoms with van der Waals surface area (Å²) in [5.74, 6) is 1.31. The lowest BCUT2D eigenvalue weighted by molar-refractivity contribution is -0.128. The van der Waals surface area contributed by atoms with Gasteiger partial charge in [0.25, 0.3) is 5.91 Å². The highest BCUT2D eigenvalue weighted by Crippen LogP contribution is 2.28. The molecule has 0 heterocycles. The van der Waals surface area contributed by atoms with E-state index in [2.05, 4.69) is 11.9 Å². The molecule has 154 valence electrons. The summed E-state index contributed by atoms with van der Waals surface area (Å²) in [6, 6.07) is 4.90. The van der Waals surface area contributed by atoms with Gasteiger partial charge in [-0.1, -0.05) is 55.8 Å². The number of hydrogen-bond donors (Lipinski definition) is 1. The van der Waals surface area contributed by atoms with Crippen LogP contribution in [-0.4, -0.2) is 32.8 Å². The molecule has 0 aliphatic carbocycles. The zero-order valence-electron chi connectivity index (χ0n) is 16.6. The van der Waals surface area contributed by atoms with Gasteiger partial charge in [-0.05, 0) is 36.6 Å². The van der Waals surface area contributed by atoms with Crippen LogP contribution in [0.5, 0.6) is 5.75 Å². The van der Waals surface area contributed by atoms with Crippen molar-refractivity contribution in [2.45, 2.75) is 26.4 Å². The molecule has 0 saturated heterocycles. The summed E-state index contributed by atoms with van der Waals surface area (Å²) in [6.07, 6.45) is 5.40. The van der Waals surface area contributed by atoms with Gasteiger partial charge in [0.2, 0.25) is 0 Å². The first kappa shape index (κ1) is 23.9. The van der Waals surface area contributed by atoms with Crippen molar-refractivity contribution in [1.29, 1.82) is 0 Å². The molecule has 28 heavy (non-hydrogen) atoms. The second-order valence-electron chi connectivity index (χ2n) is 6.06. The molecule has 0 radical (unpaired) electrons. The van der Waals surface area contributed by atoms with E-state index in [0.29, 0.717) is 40.3 Å². The number of rotatable bonds is 11. The Labute approximate surface area is 176 Å². The maximum absolute atomic E-state index is 12.4. The summed E-state index contributed by atoms with van der Waals surface area (Å²) in [5.41, 5.74) is 0. The predicted molar refractivity (Wildman–Crippen MR) is 114 cm³/mol. The fourth-order valence-corrected chi connectivity index (χ4v) is 2.65. The standard InChI is InChI=1S/C21H27Cl2NO4/c1-6-18(28-20-11-10-16(22)12-17(20)23)21(25)24-13-14(2)8-7-9-19(27-5)15(3)26-4/h7-12,14,18H,3,6,13H2,1-2,4-5H3,(H,24,25). The minimum Gasteiger partial charge on any atom is -0.494 e. The summed E-state index contributed by atoms with van der Waals surface area (Å²) in [5, 5.41) is 3.77. The van der Waals surface area contributed by atoms with Crippen molar-refractivity contribution < 1.29 is 19.0 Å². The zero-order chi connectivity index (χ0) is 21.1. The topological polar surface area (TPSA) is 56.8 Å². The van der Waals surface area contributed by atoms with Crippen LogP contribution in [0, 0.1) is 5.92 Å². The SMILES string of the molecule is C=C(OC)C(=CC=CC(C)CNC(=O)C(CC)Oc1ccc(Cl)cc1Cl)OC. The van der Waals surface area contributed by atoms with Crippen molar-refractivity contribution in [3.8, 4) is 5.75 Å². The van der Waals surface area contributed by atoms with E-state index in [0.717, 1.165) is 0 Å². The summed E-state index contributed by atoms with van der Waals surface area (Å²) < 4.78 is 16.0. The molecular formula is C21H27Cl2NO4. The van der Waals surface area contributed by atoms with Crippen LogP contribution in [0.3, 0.4) is 0 Å². The van der Waals surface area contributed by atoms with Crippen LogP contribution in [0.1, 0.15) is 20.3 Å². The van der Waals surface area contributed by atoms with Crippen molar-refractivity contribution in [3.05, 3.63) is 64.6 Å². The summed E-state index contributed by atoms with van der Waals surface area (Å²) in [6.45, 7) is 8.06. The van der Waals surface area contributed by atoms with Crippen LogP contribution in [-0.2, 0) is 14.3 Å². The Kier molecular flexibility index (Phi) is 10.6. The number of carbonyl (C=O) groups excluding carboxylic acids is 1. The third kappa shape index (κ3) is 7.87. The third-order valence-corrected chi connectivity index (χ3v) is 4.38. The lowest BCUT2D eigenvalue weighted by Crippen LogP contribution is -2.39. The average Bonchev–Trinajstić information content (AvgIpc) is 2.68. The first-order valence-electron chi connectivity index (χ1n) is 8.87. The van der Waals surface area contributed by atoms with Crippen LogP contribution < -0.4 is 10.1 Å². The van der Waals surface area contributed by atoms with E-state index in [9.17, 15) is 4.79 Å². The third-order valence-electron chi connectivity index (χ3n) is 3.85. The zero-order valence-corrected chi connectivity index (χ0v) is 18.1. The average molecular weight is 428 g/mol. The number of methoxy groups -OCH3 is 2. The molecule has 2 unspecified atom stereocenters. The molecule has 7 heteroatoms. The Morgan fingerprint density at radius 1 is 1.29 bits per heavy atom. The first-order valence-corrected chi connectivity index (χ1v) is 9.63. The Hall–Kier alpha value is -2.11. The van der Waals surface area contributed by atoms with Crippen molar-refractivity contribution in [2.24, 2.45) is 5.92 Å². The molecule has 1 aromatic carbocycles. The lowest BCUT2D eigenvalue weighted by atomic mass is 10.1. The molecule has 1 rings (SSSR count). The molecule has 0 spiro atoms. The number of benzene rings is 1. The Morgan fingerprint density at radius 3 is 2.57 bits per heavy atom. The summed E-state index contributed by atoms with van der Waals surface area (Å²) >= 11 is 12.0. The fourth-order valence-electron chi connectivity index (χ4n) is 2.20. The van der Waals surface area contributed by atoms with Crippen molar-refractivity contribution in [2.75, 3.05) is 20.8 Å². The van der Waals surface area contributed by atoms with Crippen LogP contribution in [0.15, 0.2) is 54.5 Å². The quantitative estimate of drug-likeness (QED) is 0.391. The number of ether oxygens (including phenoxy) is 3. The summed E-state index contributed by atoms with van der Waals surface area (Å²) in [4.78, 5) is 12.4. The fraction of sp³-hybridized carbons (Fsp3) is 0.381. The Morgan fingerprint density at radius 2 is 2.00 bits per heavy atom. The first-order chi connectivity index (χ1) is 13.3. The van der Waals surface area contributed by atoms with Crippen LogP contribution in [0.4, 0.5) is 0 Å². The van der Waals surface area contributed by atoms with E-state index in [1.54, 1.807) is 31.4 Å². The number of hydrogen-bond acceptors (Lipinski definition) is 4. The minimum absolute atomic E-state index is 0.103. The highest BCUT2D eigenvalue weighted by Gasteiger charge is 2.19. The highest BCUT2D eigenvalue weighted by molar-refractivity contribution is 6.35. The normalized spacial score (nSPS) is 13.7. The maximum Gasteiger partial charge on any atom is 0.261 e. The lowest BCUT2D eigenvalue weighted by Gasteiger charge is -2.19. The molecular weight excluding hydrogens is 401 g/mol. The molecule has 0 aliphatic rings. The number of amides is 1. The molecule has 2 atom stereocenters. The van der Waals surface area contributed by atoms with Gasteiger partial charge in [-0.3, -0.25) is 4.79 Å². The van der Waals surface area contributed by atoms with Gasteiger partial charge in [-0.2, -0.15) is 0 Å². The van der Waals surface area contributed by atoms with Gasteiger partial charge in [0.15, 0.2) is 17.6 Å². The number of nitrogens with one attached hydrogen (secondary N) is 1. The number of halogens is 2. The van der Waals surface area contributed by atoms with Gasteiger partial charge in [-0.15, -0.1) is 0 Å². The van der Waals surface area contributed by atoms with Gasteiger partial charge in [-0.25, -0.2) is 0 Å². The molecule has 0 aliphatic heterocycles. The molecule has 0 saturated carbocycles. The van der Waals surface area contributed by atoms with Gasteiger partial charge in [0, 0.05) is 11.6 Å². The van der Waals surface area contributed by atoms with Crippen molar-refractivity contribution >= 4 is 29.1 Å².